The number of hydrogen-bond acceptors (Lipinski definition) is 6. The third-order valence-corrected chi connectivity index (χ3v) is 5.13. The lowest BCUT2D eigenvalue weighted by Crippen LogP contribution is -2.58. The summed E-state index contributed by atoms with van der Waals surface area (Å²) in [4.78, 5) is 14.5. The fourth-order valence-corrected chi connectivity index (χ4v) is 3.72. The number of hydrogen-bond donors (Lipinski definition) is 1. The number of halogens is 3. The van der Waals surface area contributed by atoms with Crippen LogP contribution in [-0.4, -0.2) is 69.6 Å². The Morgan fingerprint density at radius 3 is 2.48 bits per heavy atom. The maximum Gasteiger partial charge on any atom is 0.387 e. The van der Waals surface area contributed by atoms with Crippen LogP contribution in [0.2, 0.25) is 0 Å². The number of amides is 1. The van der Waals surface area contributed by atoms with E-state index in [0.717, 1.165) is 0 Å². The van der Waals surface area contributed by atoms with Gasteiger partial charge in [-0.1, -0.05) is 0 Å². The van der Waals surface area contributed by atoms with Crippen LogP contribution in [0, 0.1) is 0 Å². The highest BCUT2D eigenvalue weighted by Crippen LogP contribution is 2.34. The van der Waals surface area contributed by atoms with Crippen LogP contribution in [0.4, 0.5) is 13.2 Å². The van der Waals surface area contributed by atoms with Crippen LogP contribution in [0.25, 0.3) is 0 Å². The lowest BCUT2D eigenvalue weighted by Gasteiger charge is -2.37. The Labute approximate surface area is 153 Å². The molecule has 0 bridgehead atoms. The van der Waals surface area contributed by atoms with Crippen molar-refractivity contribution in [2.24, 2.45) is 0 Å². The molecule has 1 aromatic carbocycles. The summed E-state index contributed by atoms with van der Waals surface area (Å²) in [6, 6.07) is 2.21. The van der Waals surface area contributed by atoms with Crippen molar-refractivity contribution in [3.05, 3.63) is 17.7 Å². The molecule has 1 saturated carbocycles. The maximum atomic E-state index is 13.1. The zero-order chi connectivity index (χ0) is 19.2. The molecule has 27 heavy (non-hydrogen) atoms. The normalized spacial score (nSPS) is 26.1. The van der Waals surface area contributed by atoms with E-state index in [1.807, 2.05) is 4.81 Å². The number of nitrogens with zero attached hydrogens (tertiary/aromatic N) is 1. The minimum Gasteiger partial charge on any atom is -0.550 e. The van der Waals surface area contributed by atoms with E-state index in [0.29, 0.717) is 31.8 Å². The van der Waals surface area contributed by atoms with Crippen molar-refractivity contribution < 1.29 is 36.7 Å². The Bertz CT molecular complexity index is 743. The van der Waals surface area contributed by atoms with E-state index in [4.69, 9.17) is 14.0 Å². The molecule has 2 heterocycles. The zero-order valence-electron chi connectivity index (χ0n) is 14.6. The second-order valence-electron chi connectivity index (χ2n) is 6.76. The van der Waals surface area contributed by atoms with Gasteiger partial charge in [-0.05, 0) is 25.2 Å². The molecule has 1 aromatic rings. The van der Waals surface area contributed by atoms with E-state index in [1.165, 1.54) is 19.2 Å². The molecule has 0 spiro atoms. The van der Waals surface area contributed by atoms with Crippen molar-refractivity contribution in [1.82, 2.24) is 10.1 Å². The lowest BCUT2D eigenvalue weighted by molar-refractivity contribution is -0.0502. The summed E-state index contributed by atoms with van der Waals surface area (Å²) < 4.78 is 60.6. The van der Waals surface area contributed by atoms with Crippen LogP contribution in [0.15, 0.2) is 12.1 Å². The first-order valence-electron chi connectivity index (χ1n) is 8.73. The van der Waals surface area contributed by atoms with Gasteiger partial charge in [-0.15, -0.1) is 5.46 Å². The molecule has 2 saturated heterocycles. The fourth-order valence-electron chi connectivity index (χ4n) is 3.72. The number of methoxy groups -OCH3 is 1. The second kappa shape index (κ2) is 6.88. The molecule has 1 N–H and O–H groups in total. The molecular formula is C16H19BF3N2O5-. The molecule has 148 valence electrons. The van der Waals surface area contributed by atoms with Crippen molar-refractivity contribution in [2.45, 2.75) is 25.2 Å². The highest BCUT2D eigenvalue weighted by molar-refractivity contribution is 6.79. The summed E-state index contributed by atoms with van der Waals surface area (Å²) in [5.74, 6) is -1.07. The minimum atomic E-state index is -3.15. The van der Waals surface area contributed by atoms with E-state index in [9.17, 15) is 18.0 Å². The van der Waals surface area contributed by atoms with Crippen molar-refractivity contribution >= 4 is 18.1 Å². The summed E-state index contributed by atoms with van der Waals surface area (Å²) in [6.07, 6.45) is -0.937. The molecule has 3 aliphatic rings. The Morgan fingerprint density at radius 2 is 1.93 bits per heavy atom. The standard InChI is InChI=1S/C16H19BF3N2O5/c1-24-12-6-9(17-22(2-4-25-17)3-5-26-17)7-13(27-16(19)20)14(12)15(23)21-11-8-10(11)18/h6-7,10-11,16H,2-5,8H2,1H3,(H,21,23)/q-1/t10-,11+/m0/s1. The second-order valence-corrected chi connectivity index (χ2v) is 6.76. The summed E-state index contributed by atoms with van der Waals surface area (Å²) in [6.45, 7) is -2.98. The molecule has 1 amide bonds. The first-order valence-corrected chi connectivity index (χ1v) is 8.73. The molecule has 7 nitrogen and oxygen atoms in total. The topological polar surface area (TPSA) is 69.3 Å². The predicted octanol–water partition coefficient (Wildman–Crippen LogP) is 0.645. The van der Waals surface area contributed by atoms with Crippen molar-refractivity contribution in [3.8, 4) is 11.5 Å². The Morgan fingerprint density at radius 1 is 1.30 bits per heavy atom. The predicted molar refractivity (Wildman–Crippen MR) is 89.3 cm³/mol. The van der Waals surface area contributed by atoms with Gasteiger partial charge >= 0.3 is 13.3 Å². The van der Waals surface area contributed by atoms with Crippen LogP contribution >= 0.6 is 0 Å². The van der Waals surface area contributed by atoms with E-state index in [2.05, 4.69) is 10.1 Å². The van der Waals surface area contributed by atoms with Gasteiger partial charge in [-0.25, -0.2) is 4.39 Å². The largest absolute Gasteiger partial charge is 0.550 e. The third kappa shape index (κ3) is 3.23. The monoisotopic (exact) mass is 387 g/mol. The van der Waals surface area contributed by atoms with Gasteiger partial charge in [0.2, 0.25) is 0 Å². The van der Waals surface area contributed by atoms with E-state index >= 15 is 0 Å². The van der Waals surface area contributed by atoms with Crippen molar-refractivity contribution in [1.29, 1.82) is 0 Å². The number of alkyl halides is 3. The van der Waals surface area contributed by atoms with Gasteiger partial charge < -0.3 is 28.9 Å². The third-order valence-electron chi connectivity index (χ3n) is 5.13. The number of benzene rings is 1. The van der Waals surface area contributed by atoms with Crippen LogP contribution in [0.1, 0.15) is 16.8 Å². The zero-order valence-corrected chi connectivity index (χ0v) is 14.6. The molecule has 2 atom stereocenters. The van der Waals surface area contributed by atoms with Gasteiger partial charge in [0.15, 0.2) is 0 Å². The number of nitrogens with one attached hydrogen (secondary N) is 1. The van der Waals surface area contributed by atoms with Crippen LogP contribution in [0.3, 0.4) is 0 Å². The van der Waals surface area contributed by atoms with E-state index in [-0.39, 0.29) is 23.5 Å². The van der Waals surface area contributed by atoms with Gasteiger partial charge in [0.1, 0.15) is 23.2 Å². The SMILES string of the molecule is COc1cc([B-]23OCCN2CCO3)cc(OC(F)F)c1C(=O)N[C@@H]1C[C@@H]1F. The number of fused-ring (bicyclic) bond motifs is 1. The quantitative estimate of drug-likeness (QED) is 0.723. The highest BCUT2D eigenvalue weighted by Gasteiger charge is 2.45. The van der Waals surface area contributed by atoms with Gasteiger partial charge in [-0.2, -0.15) is 8.78 Å². The summed E-state index contributed by atoms with van der Waals surface area (Å²) in [5.41, 5.74) is 0.235. The number of rotatable bonds is 6. The molecule has 1 aliphatic carbocycles. The van der Waals surface area contributed by atoms with Crippen LogP contribution in [0.5, 0.6) is 11.5 Å². The molecule has 0 aromatic heterocycles. The maximum absolute atomic E-state index is 13.1. The number of ether oxygens (including phenoxy) is 2. The summed E-state index contributed by atoms with van der Waals surface area (Å²) >= 11 is 0. The minimum absolute atomic E-state index is 0.0268. The van der Waals surface area contributed by atoms with Gasteiger partial charge in [0, 0.05) is 19.6 Å². The average molecular weight is 387 g/mol. The summed E-state index contributed by atoms with van der Waals surface area (Å²) in [7, 11) is 1.31. The molecule has 2 aliphatic heterocycles. The molecular weight excluding hydrogens is 368 g/mol. The fraction of sp³-hybridized carbons (Fsp3) is 0.562. The molecule has 0 unspecified atom stereocenters. The van der Waals surface area contributed by atoms with Crippen molar-refractivity contribution in [2.75, 3.05) is 33.4 Å². The number of carbonyl (C=O) groups is 1. The lowest BCUT2D eigenvalue weighted by atomic mass is 9.63. The average Bonchev–Trinajstić information content (AvgIpc) is 3.00. The molecule has 11 heteroatoms. The van der Waals surface area contributed by atoms with E-state index in [1.54, 1.807) is 0 Å². The Balaban J connectivity index is 1.75. The molecule has 3 fully saturated rings. The Kier molecular flexibility index (Phi) is 4.69. The van der Waals surface area contributed by atoms with Crippen molar-refractivity contribution in [3.63, 3.8) is 0 Å². The molecule has 4 rings (SSSR count). The van der Waals surface area contributed by atoms with Gasteiger partial charge in [0.05, 0.1) is 13.2 Å². The first-order chi connectivity index (χ1) is 12.9. The molecule has 0 radical (unpaired) electrons. The Hall–Kier alpha value is -1.98. The first kappa shape index (κ1) is 18.4. The van der Waals surface area contributed by atoms with E-state index < -0.39 is 31.4 Å². The van der Waals surface area contributed by atoms with Crippen LogP contribution in [-0.2, 0) is 9.31 Å². The van der Waals surface area contributed by atoms with Crippen LogP contribution < -0.4 is 20.3 Å². The highest BCUT2D eigenvalue weighted by atomic mass is 19.3. The smallest absolute Gasteiger partial charge is 0.387 e. The van der Waals surface area contributed by atoms with Gasteiger partial charge in [-0.3, -0.25) is 4.79 Å². The summed E-state index contributed by atoms with van der Waals surface area (Å²) in [5, 5.41) is 2.46. The number of carbonyl (C=O) groups excluding carboxylic acids is 1. The van der Waals surface area contributed by atoms with Gasteiger partial charge in [0.25, 0.3) is 5.91 Å².